The molecule has 5 aromatic heterocycles. The fourth-order valence-corrected chi connectivity index (χ4v) is 9.53. The SMILES string of the molecule is C.CC(C)(C)OC(=O)N1CCCC[C@H]1c1cc(N)n[nH]1.CCC(C(C)=O)C(=O)OC.CCc1c(C)nc2cc([C@@H]3CCCCN3)[nH]n2c1=O.CCc1c(C)nc2cc([C@@H]3CCCCN3C(=O)OC(C)(C)C)[nH]n2c1=O. The van der Waals surface area contributed by atoms with Gasteiger partial charge in [-0.2, -0.15) is 5.10 Å². The maximum Gasteiger partial charge on any atom is 0.410 e. The first-order valence-corrected chi connectivity index (χ1v) is 26.3. The fraction of sp³-hybridized carbons (Fsp3) is 0.648. The van der Waals surface area contributed by atoms with Crippen LogP contribution in [-0.4, -0.2) is 111 Å². The Labute approximate surface area is 441 Å². The van der Waals surface area contributed by atoms with Gasteiger partial charge in [0, 0.05) is 59.8 Å². The van der Waals surface area contributed by atoms with Gasteiger partial charge in [-0.15, -0.1) is 0 Å². The molecule has 8 heterocycles. The molecular weight excluding hydrogens is 961 g/mol. The lowest BCUT2D eigenvalue weighted by Crippen LogP contribution is -2.42. The number of nitrogens with one attached hydrogen (secondary N) is 4. The molecule has 5 aromatic rings. The van der Waals surface area contributed by atoms with E-state index in [4.69, 9.17) is 15.2 Å². The lowest BCUT2D eigenvalue weighted by atomic mass is 10.00. The first-order valence-electron chi connectivity index (χ1n) is 26.3. The second-order valence-corrected chi connectivity index (χ2v) is 21.2. The molecule has 0 radical (unpaired) electrons. The second-order valence-electron chi connectivity index (χ2n) is 21.2. The van der Waals surface area contributed by atoms with Gasteiger partial charge in [0.25, 0.3) is 11.1 Å². The summed E-state index contributed by atoms with van der Waals surface area (Å²) in [6.07, 6.45) is 10.7. The maximum atomic E-state index is 12.7. The van der Waals surface area contributed by atoms with Crippen molar-refractivity contribution in [2.75, 3.05) is 32.5 Å². The number of ketones is 1. The summed E-state index contributed by atoms with van der Waals surface area (Å²) in [6.45, 7) is 24.5. The minimum atomic E-state index is -0.565. The number of hydrogen-bond donors (Lipinski definition) is 5. The first kappa shape index (κ1) is 61.0. The van der Waals surface area contributed by atoms with Gasteiger partial charge in [0.2, 0.25) is 0 Å². The van der Waals surface area contributed by atoms with Crippen LogP contribution in [-0.2, 0) is 36.6 Å². The Morgan fingerprint density at radius 1 is 0.707 bits per heavy atom. The second kappa shape index (κ2) is 26.8. The Morgan fingerprint density at radius 3 is 1.56 bits per heavy atom. The highest BCUT2D eigenvalue weighted by Gasteiger charge is 2.34. The van der Waals surface area contributed by atoms with Crippen molar-refractivity contribution in [3.05, 3.63) is 78.5 Å². The predicted molar refractivity (Wildman–Crippen MR) is 290 cm³/mol. The Balaban J connectivity index is 0.000000225. The summed E-state index contributed by atoms with van der Waals surface area (Å²) in [5.41, 5.74) is 11.8. The normalized spacial score (nSPS) is 18.2. The number of nitrogens with zero attached hydrogens (tertiary/aromatic N) is 7. The number of nitrogens with two attached hydrogens (primary N) is 1. The molecule has 3 aliphatic heterocycles. The molecule has 3 aliphatic rings. The van der Waals surface area contributed by atoms with Crippen LogP contribution < -0.4 is 22.2 Å². The summed E-state index contributed by atoms with van der Waals surface area (Å²) in [6, 6.07) is 5.82. The van der Waals surface area contributed by atoms with Crippen LogP contribution in [0.1, 0.15) is 199 Å². The number of esters is 1. The van der Waals surface area contributed by atoms with Crippen molar-refractivity contribution in [3.63, 3.8) is 0 Å². The number of anilines is 1. The van der Waals surface area contributed by atoms with Crippen molar-refractivity contribution in [1.29, 1.82) is 0 Å². The number of aromatic amines is 3. The van der Waals surface area contributed by atoms with Crippen LogP contribution in [0.4, 0.5) is 15.4 Å². The number of fused-ring (bicyclic) bond motifs is 2. The van der Waals surface area contributed by atoms with E-state index < -0.39 is 23.1 Å². The third-order valence-corrected chi connectivity index (χ3v) is 13.2. The van der Waals surface area contributed by atoms with E-state index in [1.54, 1.807) is 27.3 Å². The molecule has 4 atom stereocenters. The Hall–Kier alpha value is -6.51. The molecule has 75 heavy (non-hydrogen) atoms. The number of aryl methyl sites for hydroxylation is 2. The standard InChI is InChI=1S/C19H28N4O3.C14H20N4O.C13H22N4O2.C7H12O3.CH4/c1-6-13-12(2)20-16-11-14(21-23(16)17(13)24)15-9-7-8-10-22(15)18(25)26-19(3,4)5;1-3-10-9(2)16-13-8-12(17-18(13)14(10)19)11-6-4-5-7-15-11;1-13(2,3)19-12(18)17-7-5-4-6-10(17)9-8-11(14)16-15-9;1-4-6(5(2)8)7(9)10-3;/h11,15,21H,6-10H2,1-5H3;8,11,15,17H,3-7H2,1-2H3;8,10H,4-7H2,1-3H3,(H3,14,15,16);6H,4H2,1-3H3;1H4/t15-;11-;10-;;/m000../s1. The number of carbonyl (C=O) groups excluding carboxylic acids is 4. The number of amides is 2. The molecule has 0 aromatic carbocycles. The number of carbonyl (C=O) groups is 4. The number of hydrogen-bond acceptors (Lipinski definition) is 14. The monoisotopic (exact) mass is 1050 g/mol. The quantitative estimate of drug-likeness (QED) is 0.0552. The van der Waals surface area contributed by atoms with Crippen LogP contribution in [0, 0.1) is 19.8 Å². The summed E-state index contributed by atoms with van der Waals surface area (Å²) < 4.78 is 18.5. The van der Waals surface area contributed by atoms with E-state index in [0.29, 0.717) is 49.0 Å². The van der Waals surface area contributed by atoms with Crippen molar-refractivity contribution < 1.29 is 33.4 Å². The van der Waals surface area contributed by atoms with Crippen molar-refractivity contribution in [3.8, 4) is 0 Å². The average molecular weight is 1050 g/mol. The number of ether oxygens (including phenoxy) is 3. The number of nitrogen functional groups attached to an aromatic ring is 1. The molecule has 8 rings (SSSR count). The highest BCUT2D eigenvalue weighted by Crippen LogP contribution is 2.33. The van der Waals surface area contributed by atoms with Crippen LogP contribution in [0.3, 0.4) is 0 Å². The molecule has 21 heteroatoms. The third-order valence-electron chi connectivity index (χ3n) is 13.2. The molecule has 3 saturated heterocycles. The summed E-state index contributed by atoms with van der Waals surface area (Å²) in [4.78, 5) is 83.9. The van der Waals surface area contributed by atoms with Crippen molar-refractivity contribution in [2.24, 2.45) is 5.92 Å². The molecular formula is C54H86N12O9. The van der Waals surface area contributed by atoms with E-state index in [-0.39, 0.29) is 48.6 Å². The van der Waals surface area contributed by atoms with Gasteiger partial charge in [0.15, 0.2) is 11.3 Å². The molecule has 0 spiro atoms. The van der Waals surface area contributed by atoms with Crippen LogP contribution in [0.5, 0.6) is 0 Å². The first-order chi connectivity index (χ1) is 34.9. The largest absolute Gasteiger partial charge is 0.468 e. The molecule has 0 bridgehead atoms. The lowest BCUT2D eigenvalue weighted by Gasteiger charge is -2.36. The highest BCUT2D eigenvalue weighted by atomic mass is 16.6. The lowest BCUT2D eigenvalue weighted by molar-refractivity contribution is -0.149. The maximum absolute atomic E-state index is 12.7. The highest BCUT2D eigenvalue weighted by molar-refractivity contribution is 5.97. The average Bonchev–Trinajstić information content (AvgIpc) is 4.11. The predicted octanol–water partition coefficient (Wildman–Crippen LogP) is 8.93. The number of likely N-dealkylation sites (tertiary alicyclic amines) is 2. The van der Waals surface area contributed by atoms with Gasteiger partial charge in [-0.05, 0) is 139 Å². The number of piperidine rings is 3. The van der Waals surface area contributed by atoms with Crippen LogP contribution >= 0.6 is 0 Å². The molecule has 2 amide bonds. The zero-order chi connectivity index (χ0) is 54.7. The van der Waals surface area contributed by atoms with E-state index in [1.807, 2.05) is 81.4 Å². The van der Waals surface area contributed by atoms with Crippen LogP contribution in [0.15, 0.2) is 27.8 Å². The number of H-pyrrole nitrogens is 3. The zero-order valence-electron chi connectivity index (χ0n) is 46.0. The van der Waals surface area contributed by atoms with E-state index in [9.17, 15) is 28.8 Å². The molecule has 1 unspecified atom stereocenters. The van der Waals surface area contributed by atoms with Gasteiger partial charge in [-0.3, -0.25) is 44.3 Å². The fourth-order valence-electron chi connectivity index (χ4n) is 9.53. The molecule has 0 saturated carbocycles. The van der Waals surface area contributed by atoms with Crippen LogP contribution in [0.25, 0.3) is 11.3 Å². The summed E-state index contributed by atoms with van der Waals surface area (Å²) in [7, 11) is 1.29. The van der Waals surface area contributed by atoms with Crippen LogP contribution in [0.2, 0.25) is 0 Å². The van der Waals surface area contributed by atoms with E-state index >= 15 is 0 Å². The summed E-state index contributed by atoms with van der Waals surface area (Å²) in [5, 5.41) is 16.7. The topological polar surface area (TPSA) is 270 Å². The van der Waals surface area contributed by atoms with Gasteiger partial charge in [0.05, 0.1) is 36.3 Å². The van der Waals surface area contributed by atoms with E-state index in [2.05, 4.69) is 40.4 Å². The molecule has 21 nitrogen and oxygen atoms in total. The Kier molecular flexibility index (Phi) is 21.8. The molecule has 3 fully saturated rings. The minimum absolute atomic E-state index is 0. The number of methoxy groups -OCH3 is 1. The van der Waals surface area contributed by atoms with E-state index in [0.717, 1.165) is 97.6 Å². The van der Waals surface area contributed by atoms with Gasteiger partial charge in [-0.1, -0.05) is 34.6 Å². The smallest absolute Gasteiger partial charge is 0.410 e. The minimum Gasteiger partial charge on any atom is -0.468 e. The number of Topliss-reactive ketones (excluding diaryl/α,β-unsaturated/α-hetero) is 1. The van der Waals surface area contributed by atoms with Gasteiger partial charge in [0.1, 0.15) is 28.7 Å². The number of aromatic nitrogens is 8. The Morgan fingerprint density at radius 2 is 1.17 bits per heavy atom. The molecule has 0 aliphatic carbocycles. The summed E-state index contributed by atoms with van der Waals surface area (Å²) >= 11 is 0. The van der Waals surface area contributed by atoms with E-state index in [1.165, 1.54) is 31.4 Å². The molecule has 416 valence electrons. The van der Waals surface area contributed by atoms with Crippen molar-refractivity contribution in [1.82, 2.24) is 54.5 Å². The van der Waals surface area contributed by atoms with Gasteiger partial charge < -0.3 is 25.3 Å². The van der Waals surface area contributed by atoms with Crippen molar-refractivity contribution in [2.45, 2.75) is 197 Å². The molecule has 6 N–H and O–H groups in total. The zero-order valence-corrected chi connectivity index (χ0v) is 46.0. The van der Waals surface area contributed by atoms with Crippen molar-refractivity contribution >= 4 is 41.1 Å². The van der Waals surface area contributed by atoms with Gasteiger partial charge in [-0.25, -0.2) is 28.6 Å². The summed E-state index contributed by atoms with van der Waals surface area (Å²) in [5.74, 6) is -0.681. The Bertz CT molecular complexity index is 2820. The third kappa shape index (κ3) is 16.0. The van der Waals surface area contributed by atoms with Gasteiger partial charge >= 0.3 is 18.2 Å². The number of rotatable bonds is 8.